The lowest BCUT2D eigenvalue weighted by Gasteiger charge is -2.45. The fourth-order valence-corrected chi connectivity index (χ4v) is 2.37. The molecule has 5 nitrogen and oxygen atoms in total. The molecule has 0 atom stereocenters. The van der Waals surface area contributed by atoms with Gasteiger partial charge in [0.25, 0.3) is 5.91 Å². The standard InChI is InChI=1S/C14H20N2O3/c1-15-12-7-5-4-6-11(12)13(17)16-10-8-14(9-10,18-2)19-3/h4-7,10,15H,8-9H2,1-3H3,(H,16,17). The molecule has 1 saturated carbocycles. The van der Waals surface area contributed by atoms with Crippen LogP contribution in [0.2, 0.25) is 0 Å². The minimum atomic E-state index is -0.527. The molecule has 0 unspecified atom stereocenters. The van der Waals surface area contributed by atoms with Crippen molar-refractivity contribution >= 4 is 11.6 Å². The average molecular weight is 264 g/mol. The fourth-order valence-electron chi connectivity index (χ4n) is 2.37. The van der Waals surface area contributed by atoms with Gasteiger partial charge in [-0.05, 0) is 12.1 Å². The highest BCUT2D eigenvalue weighted by atomic mass is 16.7. The van der Waals surface area contributed by atoms with Crippen LogP contribution in [0.1, 0.15) is 23.2 Å². The van der Waals surface area contributed by atoms with Crippen molar-refractivity contribution in [1.29, 1.82) is 0 Å². The first kappa shape index (κ1) is 13.8. The molecule has 104 valence electrons. The summed E-state index contributed by atoms with van der Waals surface area (Å²) >= 11 is 0. The van der Waals surface area contributed by atoms with Gasteiger partial charge < -0.3 is 20.1 Å². The number of nitrogens with one attached hydrogen (secondary N) is 2. The second-order valence-electron chi connectivity index (χ2n) is 4.69. The van der Waals surface area contributed by atoms with E-state index in [0.717, 1.165) is 5.69 Å². The molecule has 0 radical (unpaired) electrons. The Morgan fingerprint density at radius 2 is 1.89 bits per heavy atom. The highest BCUT2D eigenvalue weighted by molar-refractivity contribution is 5.99. The van der Waals surface area contributed by atoms with Crippen LogP contribution >= 0.6 is 0 Å². The zero-order valence-corrected chi connectivity index (χ0v) is 11.5. The van der Waals surface area contributed by atoms with Crippen molar-refractivity contribution in [1.82, 2.24) is 5.32 Å². The quantitative estimate of drug-likeness (QED) is 0.793. The Balaban J connectivity index is 1.96. The number of carbonyl (C=O) groups is 1. The summed E-state index contributed by atoms with van der Waals surface area (Å²) in [4.78, 5) is 12.2. The number of anilines is 1. The first-order valence-corrected chi connectivity index (χ1v) is 6.32. The lowest BCUT2D eigenvalue weighted by Crippen LogP contribution is -2.57. The lowest BCUT2D eigenvalue weighted by atomic mass is 9.84. The van der Waals surface area contributed by atoms with Gasteiger partial charge >= 0.3 is 0 Å². The first-order chi connectivity index (χ1) is 9.14. The molecular formula is C14H20N2O3. The third-order valence-electron chi connectivity index (χ3n) is 3.64. The summed E-state index contributed by atoms with van der Waals surface area (Å²) < 4.78 is 10.6. The minimum Gasteiger partial charge on any atom is -0.387 e. The summed E-state index contributed by atoms with van der Waals surface area (Å²) in [6, 6.07) is 7.53. The predicted molar refractivity (Wildman–Crippen MR) is 73.2 cm³/mol. The molecule has 1 fully saturated rings. The third-order valence-corrected chi connectivity index (χ3v) is 3.64. The molecule has 1 aliphatic rings. The monoisotopic (exact) mass is 264 g/mol. The van der Waals surface area contributed by atoms with Crippen molar-refractivity contribution in [3.05, 3.63) is 29.8 Å². The molecule has 0 spiro atoms. The Kier molecular flexibility index (Phi) is 4.07. The number of carbonyl (C=O) groups excluding carboxylic acids is 1. The highest BCUT2D eigenvalue weighted by Gasteiger charge is 2.45. The van der Waals surface area contributed by atoms with Gasteiger partial charge in [-0.1, -0.05) is 12.1 Å². The number of rotatable bonds is 5. The van der Waals surface area contributed by atoms with Gasteiger partial charge in [0.2, 0.25) is 0 Å². The number of ether oxygens (including phenoxy) is 2. The van der Waals surface area contributed by atoms with Crippen LogP contribution in [0, 0.1) is 0 Å². The Morgan fingerprint density at radius 3 is 2.47 bits per heavy atom. The average Bonchev–Trinajstić information content (AvgIpc) is 2.42. The largest absolute Gasteiger partial charge is 0.387 e. The van der Waals surface area contributed by atoms with Gasteiger partial charge in [-0.3, -0.25) is 4.79 Å². The molecule has 1 amide bonds. The van der Waals surface area contributed by atoms with E-state index in [9.17, 15) is 4.79 Å². The van der Waals surface area contributed by atoms with Crippen molar-refractivity contribution < 1.29 is 14.3 Å². The molecule has 1 aromatic carbocycles. The minimum absolute atomic E-state index is 0.0734. The molecule has 0 aromatic heterocycles. The second kappa shape index (κ2) is 5.59. The molecule has 19 heavy (non-hydrogen) atoms. The molecule has 0 bridgehead atoms. The summed E-state index contributed by atoms with van der Waals surface area (Å²) in [5.41, 5.74) is 1.47. The van der Waals surface area contributed by atoms with E-state index in [2.05, 4.69) is 10.6 Å². The van der Waals surface area contributed by atoms with E-state index in [1.807, 2.05) is 18.2 Å². The van der Waals surface area contributed by atoms with Gasteiger partial charge in [-0.2, -0.15) is 0 Å². The van der Waals surface area contributed by atoms with E-state index in [-0.39, 0.29) is 11.9 Å². The number of hydrogen-bond acceptors (Lipinski definition) is 4. The van der Waals surface area contributed by atoms with Crippen molar-refractivity contribution in [2.24, 2.45) is 0 Å². The molecule has 5 heteroatoms. The zero-order valence-electron chi connectivity index (χ0n) is 11.5. The third kappa shape index (κ3) is 2.72. The van der Waals surface area contributed by atoms with E-state index in [1.54, 1.807) is 27.3 Å². The van der Waals surface area contributed by atoms with Crippen LogP contribution in [0.4, 0.5) is 5.69 Å². The van der Waals surface area contributed by atoms with E-state index >= 15 is 0 Å². The zero-order chi connectivity index (χ0) is 13.9. The van der Waals surface area contributed by atoms with Crippen LogP contribution in [0.15, 0.2) is 24.3 Å². The second-order valence-corrected chi connectivity index (χ2v) is 4.69. The SMILES string of the molecule is CNc1ccccc1C(=O)NC1CC(OC)(OC)C1. The maximum Gasteiger partial charge on any atom is 0.253 e. The topological polar surface area (TPSA) is 59.6 Å². The summed E-state index contributed by atoms with van der Waals surface area (Å²) in [5.74, 6) is -0.601. The summed E-state index contributed by atoms with van der Waals surface area (Å²) in [5, 5.41) is 6.01. The van der Waals surface area contributed by atoms with E-state index in [4.69, 9.17) is 9.47 Å². The summed E-state index contributed by atoms with van der Waals surface area (Å²) in [6.45, 7) is 0. The smallest absolute Gasteiger partial charge is 0.253 e. The molecule has 2 rings (SSSR count). The number of para-hydroxylation sites is 1. The first-order valence-electron chi connectivity index (χ1n) is 6.32. The maximum absolute atomic E-state index is 12.2. The van der Waals surface area contributed by atoms with Gasteiger partial charge in [-0.15, -0.1) is 0 Å². The Hall–Kier alpha value is -1.59. The molecular weight excluding hydrogens is 244 g/mol. The number of methoxy groups -OCH3 is 2. The van der Waals surface area contributed by atoms with Crippen molar-refractivity contribution in [2.75, 3.05) is 26.6 Å². The van der Waals surface area contributed by atoms with Gasteiger partial charge in [0.1, 0.15) is 0 Å². The Labute approximate surface area is 113 Å². The van der Waals surface area contributed by atoms with Crippen LogP contribution in [0.3, 0.4) is 0 Å². The van der Waals surface area contributed by atoms with E-state index in [1.165, 1.54) is 0 Å². The Morgan fingerprint density at radius 1 is 1.26 bits per heavy atom. The van der Waals surface area contributed by atoms with Crippen LogP contribution < -0.4 is 10.6 Å². The Bertz CT molecular complexity index is 450. The van der Waals surface area contributed by atoms with Gasteiger partial charge in [0.15, 0.2) is 5.79 Å². The predicted octanol–water partition coefficient (Wildman–Crippen LogP) is 1.61. The summed E-state index contributed by atoms with van der Waals surface area (Å²) in [7, 11) is 5.05. The number of hydrogen-bond donors (Lipinski definition) is 2. The summed E-state index contributed by atoms with van der Waals surface area (Å²) in [6.07, 6.45) is 1.35. The van der Waals surface area contributed by atoms with Crippen LogP contribution in [-0.2, 0) is 9.47 Å². The number of amides is 1. The van der Waals surface area contributed by atoms with Crippen molar-refractivity contribution in [3.8, 4) is 0 Å². The van der Waals surface area contributed by atoms with Crippen LogP contribution in [-0.4, -0.2) is 39.0 Å². The van der Waals surface area contributed by atoms with Gasteiger partial charge in [0, 0.05) is 45.8 Å². The van der Waals surface area contributed by atoms with Crippen molar-refractivity contribution in [3.63, 3.8) is 0 Å². The van der Waals surface area contributed by atoms with E-state index < -0.39 is 5.79 Å². The molecule has 0 aliphatic heterocycles. The molecule has 2 N–H and O–H groups in total. The van der Waals surface area contributed by atoms with E-state index in [0.29, 0.717) is 18.4 Å². The molecule has 1 aromatic rings. The maximum atomic E-state index is 12.2. The highest BCUT2D eigenvalue weighted by Crippen LogP contribution is 2.36. The van der Waals surface area contributed by atoms with Crippen molar-refractivity contribution in [2.45, 2.75) is 24.7 Å². The fraction of sp³-hybridized carbons (Fsp3) is 0.500. The normalized spacial score (nSPS) is 17.6. The van der Waals surface area contributed by atoms with Gasteiger partial charge in [-0.25, -0.2) is 0 Å². The van der Waals surface area contributed by atoms with Crippen LogP contribution in [0.25, 0.3) is 0 Å². The van der Waals surface area contributed by atoms with Crippen LogP contribution in [0.5, 0.6) is 0 Å². The molecule has 1 aliphatic carbocycles. The lowest BCUT2D eigenvalue weighted by molar-refractivity contribution is -0.258. The molecule has 0 heterocycles. The molecule has 0 saturated heterocycles. The van der Waals surface area contributed by atoms with Gasteiger partial charge in [0.05, 0.1) is 5.56 Å². The number of benzene rings is 1.